The Morgan fingerprint density at radius 3 is 2.24 bits per heavy atom. The molecule has 8 heteroatoms. The van der Waals surface area contributed by atoms with Crippen LogP contribution in [0.2, 0.25) is 0 Å². The summed E-state index contributed by atoms with van der Waals surface area (Å²) in [5.41, 5.74) is 0.571. The molecule has 0 unspecified atom stereocenters. The average Bonchev–Trinajstić information content (AvgIpc) is 2.62. The topological polar surface area (TPSA) is 102 Å². The highest BCUT2D eigenvalue weighted by molar-refractivity contribution is 5.95. The summed E-state index contributed by atoms with van der Waals surface area (Å²) in [4.78, 5) is 47.1. The molecule has 0 aliphatic rings. The van der Waals surface area contributed by atoms with E-state index in [4.69, 9.17) is 9.47 Å². The molecule has 0 fully saturated rings. The normalized spacial score (nSPS) is 9.88. The van der Waals surface area contributed by atoms with Crippen molar-refractivity contribution < 1.29 is 28.7 Å². The fourth-order valence-corrected chi connectivity index (χ4v) is 1.65. The van der Waals surface area contributed by atoms with Crippen LogP contribution in [0.4, 0.5) is 0 Å². The van der Waals surface area contributed by atoms with Crippen molar-refractivity contribution in [2.75, 3.05) is 33.9 Å². The summed E-state index contributed by atoms with van der Waals surface area (Å²) < 4.78 is 9.96. The summed E-state index contributed by atoms with van der Waals surface area (Å²) in [5, 5.41) is 2.34. The quantitative estimate of drug-likeness (QED) is 0.511. The first-order valence-corrected chi connectivity index (χ1v) is 7.72. The van der Waals surface area contributed by atoms with Gasteiger partial charge in [0, 0.05) is 26.1 Å². The van der Waals surface area contributed by atoms with Gasteiger partial charge in [-0.05, 0) is 24.3 Å². The lowest BCUT2D eigenvalue weighted by molar-refractivity contribution is -0.150. The molecule has 8 nitrogen and oxygen atoms in total. The van der Waals surface area contributed by atoms with Gasteiger partial charge in [0.05, 0.1) is 6.54 Å². The lowest BCUT2D eigenvalue weighted by Crippen LogP contribution is -2.38. The fourth-order valence-electron chi connectivity index (χ4n) is 1.65. The Balaban J connectivity index is 2.29. The van der Waals surface area contributed by atoms with Crippen molar-refractivity contribution in [3.05, 3.63) is 29.8 Å². The van der Waals surface area contributed by atoms with Crippen LogP contribution in [0.5, 0.6) is 5.75 Å². The van der Waals surface area contributed by atoms with E-state index in [2.05, 4.69) is 5.32 Å². The third kappa shape index (κ3) is 7.47. The number of amides is 2. The number of hydrogen-bond donors (Lipinski definition) is 1. The minimum Gasteiger partial charge on any atom is -0.482 e. The highest BCUT2D eigenvalue weighted by Gasteiger charge is 2.11. The number of nitrogens with zero attached hydrogens (tertiary/aromatic N) is 1. The predicted molar refractivity (Wildman–Crippen MR) is 89.2 cm³/mol. The average molecular weight is 350 g/mol. The molecule has 25 heavy (non-hydrogen) atoms. The van der Waals surface area contributed by atoms with Crippen LogP contribution >= 0.6 is 0 Å². The second kappa shape index (κ2) is 10.1. The number of benzene rings is 1. The summed E-state index contributed by atoms with van der Waals surface area (Å²) in [5.74, 6) is -1.14. The molecule has 1 N–H and O–H groups in total. The van der Waals surface area contributed by atoms with E-state index in [1.807, 2.05) is 0 Å². The predicted octanol–water partition coefficient (Wildman–Crippen LogP) is 0.406. The Hall–Kier alpha value is -2.90. The molecular weight excluding hydrogens is 328 g/mol. The molecule has 0 spiro atoms. The van der Waals surface area contributed by atoms with Gasteiger partial charge in [0.15, 0.2) is 19.0 Å². The monoisotopic (exact) mass is 350 g/mol. The first-order chi connectivity index (χ1) is 11.8. The van der Waals surface area contributed by atoms with E-state index in [1.54, 1.807) is 45.3 Å². The van der Waals surface area contributed by atoms with Gasteiger partial charge in [-0.1, -0.05) is 6.92 Å². The number of carbonyl (C=O) groups is 4. The van der Waals surface area contributed by atoms with E-state index in [1.165, 1.54) is 4.90 Å². The van der Waals surface area contributed by atoms with E-state index in [0.717, 1.165) is 0 Å². The number of likely N-dealkylation sites (N-methyl/N-ethyl adjacent to an activating group) is 1. The highest BCUT2D eigenvalue weighted by atomic mass is 16.6. The molecular formula is C17H22N2O6. The maximum atomic E-state index is 11.5. The zero-order chi connectivity index (χ0) is 18.8. The van der Waals surface area contributed by atoms with Crippen molar-refractivity contribution >= 4 is 23.6 Å². The van der Waals surface area contributed by atoms with Crippen LogP contribution in [0, 0.1) is 0 Å². The van der Waals surface area contributed by atoms with Gasteiger partial charge < -0.3 is 19.7 Å². The van der Waals surface area contributed by atoms with Gasteiger partial charge in [-0.2, -0.15) is 0 Å². The number of Topliss-reactive ketones (excluding diaryl/α,β-unsaturated/α-hetero) is 1. The minimum atomic E-state index is -0.720. The number of carbonyl (C=O) groups excluding carboxylic acids is 4. The number of esters is 1. The summed E-state index contributed by atoms with van der Waals surface area (Å²) in [7, 11) is 3.13. The van der Waals surface area contributed by atoms with Crippen LogP contribution in [0.1, 0.15) is 23.7 Å². The van der Waals surface area contributed by atoms with Gasteiger partial charge in [0.2, 0.25) is 5.91 Å². The van der Waals surface area contributed by atoms with E-state index >= 15 is 0 Å². The van der Waals surface area contributed by atoms with Crippen LogP contribution in [-0.4, -0.2) is 62.3 Å². The molecule has 0 bridgehead atoms. The van der Waals surface area contributed by atoms with Crippen LogP contribution in [-0.2, 0) is 19.1 Å². The molecule has 0 aliphatic heterocycles. The Kier molecular flexibility index (Phi) is 8.11. The van der Waals surface area contributed by atoms with Gasteiger partial charge in [-0.25, -0.2) is 4.79 Å². The summed E-state index contributed by atoms with van der Waals surface area (Å²) in [6.45, 7) is 0.746. The second-order valence-corrected chi connectivity index (χ2v) is 5.32. The summed E-state index contributed by atoms with van der Waals surface area (Å²) in [6, 6.07) is 6.38. The molecule has 1 rings (SSSR count). The van der Waals surface area contributed by atoms with Crippen molar-refractivity contribution in [1.82, 2.24) is 10.2 Å². The van der Waals surface area contributed by atoms with E-state index < -0.39 is 18.5 Å². The first kappa shape index (κ1) is 20.1. The lowest BCUT2D eigenvalue weighted by atomic mass is 10.1. The largest absolute Gasteiger partial charge is 0.482 e. The molecule has 2 amide bonds. The van der Waals surface area contributed by atoms with Crippen LogP contribution in [0.3, 0.4) is 0 Å². The third-order valence-corrected chi connectivity index (χ3v) is 3.15. The number of ketones is 1. The maximum absolute atomic E-state index is 11.5. The molecule has 1 aromatic carbocycles. The molecule has 0 aliphatic carbocycles. The van der Waals surface area contributed by atoms with Crippen LogP contribution in [0.15, 0.2) is 24.3 Å². The second-order valence-electron chi connectivity index (χ2n) is 5.32. The number of rotatable bonds is 9. The van der Waals surface area contributed by atoms with Gasteiger partial charge in [-0.15, -0.1) is 0 Å². The molecule has 1 aromatic rings. The van der Waals surface area contributed by atoms with Crippen LogP contribution in [0.25, 0.3) is 0 Å². The maximum Gasteiger partial charge on any atom is 0.344 e. The molecule has 0 saturated heterocycles. The van der Waals surface area contributed by atoms with Crippen molar-refractivity contribution in [3.63, 3.8) is 0 Å². The van der Waals surface area contributed by atoms with Crippen molar-refractivity contribution in [2.24, 2.45) is 0 Å². The Morgan fingerprint density at radius 1 is 1.04 bits per heavy atom. The smallest absolute Gasteiger partial charge is 0.344 e. The highest BCUT2D eigenvalue weighted by Crippen LogP contribution is 2.13. The Labute approximate surface area is 146 Å². The zero-order valence-electron chi connectivity index (χ0n) is 14.5. The van der Waals surface area contributed by atoms with Gasteiger partial charge in [-0.3, -0.25) is 14.4 Å². The molecule has 0 radical (unpaired) electrons. The molecule has 0 aromatic heterocycles. The van der Waals surface area contributed by atoms with Crippen molar-refractivity contribution in [2.45, 2.75) is 13.3 Å². The van der Waals surface area contributed by atoms with Crippen molar-refractivity contribution in [1.29, 1.82) is 0 Å². The summed E-state index contributed by atoms with van der Waals surface area (Å²) >= 11 is 0. The number of hydrogen-bond acceptors (Lipinski definition) is 6. The summed E-state index contributed by atoms with van der Waals surface area (Å²) in [6.07, 6.45) is 0.411. The molecule has 136 valence electrons. The van der Waals surface area contributed by atoms with E-state index in [-0.39, 0.29) is 24.8 Å². The number of ether oxygens (including phenoxy) is 2. The zero-order valence-corrected chi connectivity index (χ0v) is 14.5. The van der Waals surface area contributed by atoms with Crippen LogP contribution < -0.4 is 10.1 Å². The first-order valence-electron chi connectivity index (χ1n) is 7.72. The van der Waals surface area contributed by atoms with Crippen molar-refractivity contribution in [3.8, 4) is 5.75 Å². The van der Waals surface area contributed by atoms with Gasteiger partial charge in [0.1, 0.15) is 5.75 Å². The molecule has 0 heterocycles. The fraction of sp³-hybridized carbons (Fsp3) is 0.412. The van der Waals surface area contributed by atoms with Gasteiger partial charge >= 0.3 is 5.97 Å². The molecule has 0 saturated carbocycles. The standard InChI is InChI=1S/C17H22N2O6/c1-4-14(20)12-5-7-13(8-6-12)24-11-17(23)25-10-15(21)18-9-16(22)19(2)3/h5-8H,4,9-11H2,1-3H3,(H,18,21). The molecule has 0 atom stereocenters. The third-order valence-electron chi connectivity index (χ3n) is 3.15. The lowest BCUT2D eigenvalue weighted by Gasteiger charge is -2.11. The van der Waals surface area contributed by atoms with Gasteiger partial charge in [0.25, 0.3) is 5.91 Å². The Morgan fingerprint density at radius 2 is 1.68 bits per heavy atom. The van der Waals surface area contributed by atoms with E-state index in [9.17, 15) is 19.2 Å². The SMILES string of the molecule is CCC(=O)c1ccc(OCC(=O)OCC(=O)NCC(=O)N(C)C)cc1. The Bertz CT molecular complexity index is 625. The van der Waals surface area contributed by atoms with E-state index in [0.29, 0.717) is 17.7 Å². The minimum absolute atomic E-state index is 0.0183. The number of nitrogens with one attached hydrogen (secondary N) is 1.